The van der Waals surface area contributed by atoms with Crippen LogP contribution in [0.2, 0.25) is 0 Å². The normalized spacial score (nSPS) is 23.2. The lowest BCUT2D eigenvalue weighted by molar-refractivity contribution is -0.247. The number of ketones is 1. The monoisotopic (exact) mass is 718 g/mol. The summed E-state index contributed by atoms with van der Waals surface area (Å²) in [6, 6.07) is -4.47. The number of Topliss-reactive ketones (excluding diaryl/α,β-unsaturated/α-hetero) is 1. The molecule has 20 nitrogen and oxygen atoms in total. The Labute approximate surface area is 288 Å². The van der Waals surface area contributed by atoms with Crippen LogP contribution in [0.3, 0.4) is 0 Å². The third-order valence-corrected chi connectivity index (χ3v) is 8.17. The average molecular weight is 719 g/mol. The predicted molar refractivity (Wildman–Crippen MR) is 170 cm³/mol. The van der Waals surface area contributed by atoms with Gasteiger partial charge in [0.25, 0.3) is 0 Å². The van der Waals surface area contributed by atoms with Crippen molar-refractivity contribution >= 4 is 47.8 Å². The number of carboxylic acid groups (broad SMARTS) is 2. The van der Waals surface area contributed by atoms with Gasteiger partial charge in [0.2, 0.25) is 24.1 Å². The number of rotatable bonds is 23. The molecule has 0 saturated carbocycles. The molecule has 11 N–H and O–H groups in total. The van der Waals surface area contributed by atoms with Crippen LogP contribution >= 0.6 is 0 Å². The number of carboxylic acids is 2. The molecule has 1 unspecified atom stereocenters. The van der Waals surface area contributed by atoms with E-state index in [1.54, 1.807) is 6.92 Å². The highest BCUT2D eigenvalue weighted by Gasteiger charge is 2.50. The smallest absolute Gasteiger partial charge is 0.332 e. The van der Waals surface area contributed by atoms with Crippen molar-refractivity contribution in [3.05, 3.63) is 0 Å². The summed E-state index contributed by atoms with van der Waals surface area (Å²) in [7, 11) is 0. The van der Waals surface area contributed by atoms with Crippen molar-refractivity contribution in [3.8, 4) is 0 Å². The van der Waals surface area contributed by atoms with Crippen molar-refractivity contribution in [3.63, 3.8) is 0 Å². The summed E-state index contributed by atoms with van der Waals surface area (Å²) in [5, 5.41) is 34.7. The number of aliphatic carboxylic acids is 2. The third-order valence-electron chi connectivity index (χ3n) is 8.17. The summed E-state index contributed by atoms with van der Waals surface area (Å²) in [4.78, 5) is 98.3. The number of nitrogens with two attached hydrogens (primary N) is 3. The number of aliphatic hydroxyl groups excluding tert-OH is 1. The number of hydrogen-bond donors (Lipinski definition) is 8. The molecule has 9 atom stereocenters. The second-order valence-electron chi connectivity index (χ2n) is 12.0. The van der Waals surface area contributed by atoms with Crippen molar-refractivity contribution in [2.75, 3.05) is 13.2 Å². The van der Waals surface area contributed by atoms with Crippen LogP contribution in [0.1, 0.15) is 72.6 Å². The number of carbonyl (C=O) groups is 8. The Morgan fingerprint density at radius 1 is 1.08 bits per heavy atom. The van der Waals surface area contributed by atoms with Crippen LogP contribution in [-0.4, -0.2) is 136 Å². The maximum Gasteiger partial charge on any atom is 0.332 e. The Balaban J connectivity index is 3.22. The number of amides is 4. The van der Waals surface area contributed by atoms with E-state index in [9.17, 15) is 53.7 Å². The van der Waals surface area contributed by atoms with Gasteiger partial charge in [-0.05, 0) is 46.0 Å². The second-order valence-corrected chi connectivity index (χ2v) is 12.0. The van der Waals surface area contributed by atoms with Gasteiger partial charge >= 0.3 is 17.9 Å². The Morgan fingerprint density at radius 2 is 1.72 bits per heavy atom. The minimum atomic E-state index is -2.32. The van der Waals surface area contributed by atoms with Crippen LogP contribution in [0.25, 0.3) is 0 Å². The van der Waals surface area contributed by atoms with Crippen molar-refractivity contribution in [1.82, 2.24) is 15.5 Å². The van der Waals surface area contributed by atoms with E-state index in [1.165, 1.54) is 13.8 Å². The number of hydrogen-bond acceptors (Lipinski definition) is 14. The van der Waals surface area contributed by atoms with E-state index in [1.807, 2.05) is 0 Å². The van der Waals surface area contributed by atoms with Crippen molar-refractivity contribution in [2.45, 2.75) is 127 Å². The molecular formula is C30H50N6O14. The minimum Gasteiger partial charge on any atom is -0.480 e. The van der Waals surface area contributed by atoms with Crippen molar-refractivity contribution in [1.29, 1.82) is 0 Å². The summed E-state index contributed by atoms with van der Waals surface area (Å²) in [6.45, 7) is 4.90. The Kier molecular flexibility index (Phi) is 17.9. The molecule has 284 valence electrons. The fourth-order valence-corrected chi connectivity index (χ4v) is 5.19. The maximum absolute atomic E-state index is 13.4. The van der Waals surface area contributed by atoms with Gasteiger partial charge in [-0.15, -0.1) is 0 Å². The number of esters is 1. The van der Waals surface area contributed by atoms with Gasteiger partial charge in [0.05, 0.1) is 6.04 Å². The van der Waals surface area contributed by atoms with Crippen LogP contribution in [-0.2, 0) is 52.6 Å². The molecule has 1 heterocycles. The molecule has 0 aromatic carbocycles. The van der Waals surface area contributed by atoms with Crippen LogP contribution in [0.15, 0.2) is 0 Å². The first kappa shape index (κ1) is 43.8. The summed E-state index contributed by atoms with van der Waals surface area (Å²) in [5.74, 6) is -7.44. The summed E-state index contributed by atoms with van der Waals surface area (Å²) in [5.41, 5.74) is 15.4. The molecule has 1 aliphatic rings. The molecule has 1 rings (SSSR count). The Morgan fingerprint density at radius 3 is 2.24 bits per heavy atom. The number of aliphatic hydroxyl groups is 1. The van der Waals surface area contributed by atoms with Crippen LogP contribution in [0.4, 0.5) is 0 Å². The second kappa shape index (κ2) is 20.4. The van der Waals surface area contributed by atoms with Crippen LogP contribution in [0, 0.1) is 0 Å². The standard InChI is InChI=1S/C30H50N6O14/c1-5-8-21(40)48-13-19-23(41)24(49-16(3)28(44)45)22(31)27(50-19)36(17(4)38)15(2)26(43)35-18(25(32)42)9-10-20(39)30(33,29(46)47)11-6-7-12-34-14-37/h14-16,18-19,22-24,27,41H,5-13,31,33H2,1-4H3,(H2,32,42)(H,34,37)(H,35,43)(H,44,45)(H,46,47)/t15-,16+,18+,19+,22+,23+,24+,27?,30+/m0/s1. The first-order valence-electron chi connectivity index (χ1n) is 16.1. The quantitative estimate of drug-likeness (QED) is 0.0224. The van der Waals surface area contributed by atoms with E-state index in [0.29, 0.717) is 19.3 Å². The van der Waals surface area contributed by atoms with Gasteiger partial charge in [0, 0.05) is 26.3 Å². The molecule has 4 amide bonds. The minimum absolute atomic E-state index is 0.0495. The van der Waals surface area contributed by atoms with Gasteiger partial charge in [-0.25, -0.2) is 9.59 Å². The highest BCUT2D eigenvalue weighted by molar-refractivity contribution is 6.07. The van der Waals surface area contributed by atoms with E-state index in [4.69, 9.17) is 31.4 Å². The molecule has 50 heavy (non-hydrogen) atoms. The van der Waals surface area contributed by atoms with E-state index in [-0.39, 0.29) is 25.8 Å². The fraction of sp³-hybridized carbons (Fsp3) is 0.733. The molecule has 0 aromatic rings. The Hall–Kier alpha value is -4.24. The lowest BCUT2D eigenvalue weighted by atomic mass is 9.86. The SMILES string of the molecule is CCCC(=O)OC[C@H]1OC(N(C(C)=O)[C@@H](C)C(=O)N[C@H](CCC(=O)[C@](N)(CCCCNC=O)C(=O)O)C(N)=O)[C@H](N)[C@@H](O[C@H](C)C(=O)O)[C@@H]1O. The molecule has 1 fully saturated rings. The fourth-order valence-electron chi connectivity index (χ4n) is 5.19. The molecule has 0 bridgehead atoms. The van der Waals surface area contributed by atoms with Crippen molar-refractivity contribution in [2.24, 2.45) is 17.2 Å². The van der Waals surface area contributed by atoms with E-state index in [0.717, 1.165) is 11.8 Å². The van der Waals surface area contributed by atoms with E-state index < -0.39 is 115 Å². The lowest BCUT2D eigenvalue weighted by Crippen LogP contribution is -2.70. The first-order chi connectivity index (χ1) is 23.3. The molecule has 0 spiro atoms. The molecule has 20 heteroatoms. The number of primary amides is 1. The molecule has 0 aliphatic carbocycles. The Bertz CT molecular complexity index is 1240. The zero-order chi connectivity index (χ0) is 38.3. The summed E-state index contributed by atoms with van der Waals surface area (Å²) >= 11 is 0. The van der Waals surface area contributed by atoms with Gasteiger partial charge in [0.15, 0.2) is 23.7 Å². The predicted octanol–water partition coefficient (Wildman–Crippen LogP) is -3.14. The zero-order valence-corrected chi connectivity index (χ0v) is 28.6. The lowest BCUT2D eigenvalue weighted by Gasteiger charge is -2.48. The first-order valence-corrected chi connectivity index (χ1v) is 16.1. The highest BCUT2D eigenvalue weighted by atomic mass is 16.6. The number of nitrogens with zero attached hydrogens (tertiary/aromatic N) is 1. The van der Waals surface area contributed by atoms with Gasteiger partial charge in [-0.2, -0.15) is 0 Å². The molecule has 0 aromatic heterocycles. The van der Waals surface area contributed by atoms with Gasteiger partial charge in [-0.3, -0.25) is 28.8 Å². The van der Waals surface area contributed by atoms with Crippen LogP contribution in [0.5, 0.6) is 0 Å². The van der Waals surface area contributed by atoms with Crippen molar-refractivity contribution < 1.29 is 67.9 Å². The average Bonchev–Trinajstić information content (AvgIpc) is 3.04. The number of unbranched alkanes of at least 4 members (excludes halogenated alkanes) is 1. The number of nitrogens with one attached hydrogen (secondary N) is 2. The topological polar surface area (TPSA) is 330 Å². The third kappa shape index (κ3) is 12.3. The van der Waals surface area contributed by atoms with Gasteiger partial charge in [-0.1, -0.05) is 6.92 Å². The van der Waals surface area contributed by atoms with E-state index in [2.05, 4.69) is 10.6 Å². The molecule has 1 aliphatic heterocycles. The number of ether oxygens (including phenoxy) is 3. The van der Waals surface area contributed by atoms with Gasteiger partial charge < -0.3 is 62.3 Å². The largest absolute Gasteiger partial charge is 0.480 e. The summed E-state index contributed by atoms with van der Waals surface area (Å²) < 4.78 is 16.5. The maximum atomic E-state index is 13.4. The molecular weight excluding hydrogens is 668 g/mol. The molecule has 1 saturated heterocycles. The number of carbonyl (C=O) groups excluding carboxylic acids is 6. The van der Waals surface area contributed by atoms with Crippen LogP contribution < -0.4 is 27.8 Å². The highest BCUT2D eigenvalue weighted by Crippen LogP contribution is 2.28. The van der Waals surface area contributed by atoms with Gasteiger partial charge in [0.1, 0.15) is 37.0 Å². The summed E-state index contributed by atoms with van der Waals surface area (Å²) in [6.07, 6.45) is -7.40. The van der Waals surface area contributed by atoms with E-state index >= 15 is 0 Å². The zero-order valence-electron chi connectivity index (χ0n) is 28.6. The molecule has 0 radical (unpaired) electrons.